The van der Waals surface area contributed by atoms with Crippen molar-refractivity contribution >= 4 is 152 Å². The molecule has 0 saturated carbocycles. The Morgan fingerprint density at radius 2 is 0.541 bits per heavy atom. The topological polar surface area (TPSA) is 78.1 Å². The second-order valence-corrected chi connectivity index (χ2v) is 34.2. The summed E-state index contributed by atoms with van der Waals surface area (Å²) in [6, 6.07) is 22.0. The smallest absolute Gasteiger partial charge is 0.261 e. The van der Waals surface area contributed by atoms with Gasteiger partial charge in [0, 0.05) is 117 Å². The molecule has 6 heterocycles. The maximum absolute atomic E-state index is 16.1. The molecule has 0 aliphatic heterocycles. The summed E-state index contributed by atoms with van der Waals surface area (Å²) in [7, 11) is 0. The average Bonchev–Trinajstić information content (AvgIpc) is 0.986. The minimum atomic E-state index is -0.177. The molecule has 10 heteroatoms. The first-order chi connectivity index (χ1) is 48.2. The van der Waals surface area contributed by atoms with E-state index in [-0.39, 0.29) is 34.1 Å². The van der Waals surface area contributed by atoms with Gasteiger partial charge in [0.2, 0.25) is 0 Å². The highest BCUT2D eigenvalue weighted by Crippen LogP contribution is 2.57. The standard InChI is InChI=1S/C88H110N2O4S4/c1-5-9-13-17-21-25-27-31-35-39-45-59(43-37-33-29-23-19-15-11-7-3)57-89-85(91)67-51-61-63-55-73(71-47-41-49-95-71)98-84(63)66-54-70-76-68(86(92)90(88(70)94)58-60(44-38-34-30-24-20-16-12-8-4)46-40-36-32-28-26-22-18-14-10-6-2)52-62-64-56-74(72-48-42-50-96-72)97-83(64)65-53-69(87(89)93)75(67)81-77(61)80(66)82(76)78(62)79(65)81/h41-42,47-56,59-60H,5-40,43-46,57-58H2,1-4H3. The van der Waals surface area contributed by atoms with Gasteiger partial charge in [0.05, 0.1) is 0 Å². The summed E-state index contributed by atoms with van der Waals surface area (Å²) in [6.45, 7) is 10.0. The van der Waals surface area contributed by atoms with Gasteiger partial charge in [-0.2, -0.15) is 0 Å². The maximum atomic E-state index is 16.1. The summed E-state index contributed by atoms with van der Waals surface area (Å²) in [5, 5.41) is 20.6. The molecule has 13 rings (SSSR count). The highest BCUT2D eigenvalue weighted by molar-refractivity contribution is 7.27. The zero-order valence-electron chi connectivity index (χ0n) is 59.9. The summed E-state index contributed by atoms with van der Waals surface area (Å²) in [4.78, 5) is 69.0. The molecule has 6 nitrogen and oxygen atoms in total. The average molecular weight is 1390 g/mol. The zero-order valence-corrected chi connectivity index (χ0v) is 63.2. The molecule has 0 aliphatic rings. The molecule has 0 bridgehead atoms. The van der Waals surface area contributed by atoms with E-state index in [1.165, 1.54) is 215 Å². The molecule has 2 unspecified atom stereocenters. The van der Waals surface area contributed by atoms with Crippen LogP contribution in [0, 0.1) is 11.8 Å². The number of aromatic nitrogens is 2. The van der Waals surface area contributed by atoms with Crippen LogP contribution in [0.1, 0.15) is 285 Å². The van der Waals surface area contributed by atoms with Crippen LogP contribution >= 0.6 is 45.3 Å². The first-order valence-electron chi connectivity index (χ1n) is 39.7. The van der Waals surface area contributed by atoms with Gasteiger partial charge in [0.1, 0.15) is 0 Å². The van der Waals surface area contributed by atoms with E-state index in [2.05, 4.69) is 99.1 Å². The van der Waals surface area contributed by atoms with Crippen LogP contribution in [-0.2, 0) is 13.1 Å². The minimum Gasteiger partial charge on any atom is -0.274 e. The lowest BCUT2D eigenvalue weighted by atomic mass is 9.79. The van der Waals surface area contributed by atoms with E-state index in [0.29, 0.717) is 34.6 Å². The number of unbranched alkanes of at least 4 members (excludes halogenated alkanes) is 32. The molecular formula is C88H110N2O4S4. The van der Waals surface area contributed by atoms with Gasteiger partial charge < -0.3 is 0 Å². The molecule has 0 N–H and O–H groups in total. The Balaban J connectivity index is 0.963. The van der Waals surface area contributed by atoms with E-state index in [1.807, 2.05) is 0 Å². The molecule has 0 amide bonds. The van der Waals surface area contributed by atoms with Crippen molar-refractivity contribution in [2.45, 2.75) is 298 Å². The Kier molecular flexibility index (Phi) is 24.6. The second kappa shape index (κ2) is 34.0. The third-order valence-corrected chi connectivity index (χ3v) is 27.5. The molecule has 6 aromatic heterocycles. The quantitative estimate of drug-likeness (QED) is 0.0216. The van der Waals surface area contributed by atoms with E-state index in [0.717, 1.165) is 146 Å². The fraction of sp³-hybridized carbons (Fsp3) is 0.545. The predicted molar refractivity (Wildman–Crippen MR) is 435 cm³/mol. The lowest BCUT2D eigenvalue weighted by molar-refractivity contribution is 0.350. The van der Waals surface area contributed by atoms with Crippen LogP contribution in [0.5, 0.6) is 0 Å². The van der Waals surface area contributed by atoms with Gasteiger partial charge in [-0.15, -0.1) is 45.3 Å². The first-order valence-corrected chi connectivity index (χ1v) is 43.1. The molecule has 7 aromatic carbocycles. The lowest BCUT2D eigenvalue weighted by Gasteiger charge is -2.25. The van der Waals surface area contributed by atoms with Gasteiger partial charge in [-0.05, 0) is 118 Å². The Morgan fingerprint density at radius 3 is 0.816 bits per heavy atom. The fourth-order valence-electron chi connectivity index (χ4n) is 17.7. The summed E-state index contributed by atoms with van der Waals surface area (Å²) >= 11 is 7.03. The van der Waals surface area contributed by atoms with Crippen LogP contribution in [0.4, 0.5) is 0 Å². The van der Waals surface area contributed by atoms with Crippen molar-refractivity contribution in [1.82, 2.24) is 9.13 Å². The Hall–Kier alpha value is -5.52. The summed E-state index contributed by atoms with van der Waals surface area (Å²) in [5.41, 5.74) is -0.705. The summed E-state index contributed by atoms with van der Waals surface area (Å²) in [5.74, 6) is 0.445. The van der Waals surface area contributed by atoms with Gasteiger partial charge in [-0.25, -0.2) is 0 Å². The molecule has 2 atom stereocenters. The number of benzene rings is 7. The van der Waals surface area contributed by atoms with Gasteiger partial charge in [-0.3, -0.25) is 28.3 Å². The van der Waals surface area contributed by atoms with Crippen LogP contribution in [0.3, 0.4) is 0 Å². The molecule has 0 aliphatic carbocycles. The van der Waals surface area contributed by atoms with Gasteiger partial charge >= 0.3 is 0 Å². The lowest BCUT2D eigenvalue weighted by Crippen LogP contribution is -2.36. The van der Waals surface area contributed by atoms with E-state index in [4.69, 9.17) is 0 Å². The number of fused-ring (bicyclic) bond motifs is 6. The van der Waals surface area contributed by atoms with Gasteiger partial charge in [0.25, 0.3) is 22.2 Å². The Bertz CT molecular complexity index is 4380. The molecule has 0 fully saturated rings. The van der Waals surface area contributed by atoms with E-state index in [9.17, 15) is 0 Å². The summed E-state index contributed by atoms with van der Waals surface area (Å²) < 4.78 is 5.56. The molecule has 0 saturated heterocycles. The van der Waals surface area contributed by atoms with Crippen molar-refractivity contribution in [2.75, 3.05) is 0 Å². The van der Waals surface area contributed by atoms with Gasteiger partial charge in [-0.1, -0.05) is 271 Å². The largest absolute Gasteiger partial charge is 0.274 e. The number of rotatable bonds is 46. The van der Waals surface area contributed by atoms with Crippen molar-refractivity contribution in [3.63, 3.8) is 0 Å². The van der Waals surface area contributed by atoms with Crippen LogP contribution in [0.25, 0.3) is 126 Å². The van der Waals surface area contributed by atoms with Crippen LogP contribution in [0.15, 0.2) is 90.6 Å². The van der Waals surface area contributed by atoms with Crippen molar-refractivity contribution in [2.24, 2.45) is 11.8 Å². The first kappa shape index (κ1) is 70.9. The molecular weight excluding hydrogens is 1280 g/mol. The molecule has 98 heavy (non-hydrogen) atoms. The maximum Gasteiger partial charge on any atom is 0.261 e. The third-order valence-electron chi connectivity index (χ3n) is 23.0. The van der Waals surface area contributed by atoms with Crippen LogP contribution in [-0.4, -0.2) is 9.13 Å². The van der Waals surface area contributed by atoms with E-state index >= 15 is 19.2 Å². The van der Waals surface area contributed by atoms with Crippen LogP contribution in [0.2, 0.25) is 0 Å². The number of pyridine rings is 2. The number of thiophene rings is 4. The van der Waals surface area contributed by atoms with Crippen molar-refractivity contribution in [1.29, 1.82) is 0 Å². The van der Waals surface area contributed by atoms with Crippen molar-refractivity contribution < 1.29 is 0 Å². The third kappa shape index (κ3) is 14.9. The second-order valence-electron chi connectivity index (χ2n) is 30.2. The fourth-order valence-corrected chi connectivity index (χ4v) is 21.7. The molecule has 520 valence electrons. The summed E-state index contributed by atoms with van der Waals surface area (Å²) in [6.07, 6.45) is 49.8. The van der Waals surface area contributed by atoms with Gasteiger partial charge in [0.15, 0.2) is 0 Å². The highest BCUT2D eigenvalue weighted by Gasteiger charge is 2.33. The number of hydrogen-bond acceptors (Lipinski definition) is 8. The molecule has 0 spiro atoms. The highest BCUT2D eigenvalue weighted by atomic mass is 32.1. The molecule has 13 aromatic rings. The Morgan fingerprint density at radius 1 is 0.276 bits per heavy atom. The van der Waals surface area contributed by atoms with Crippen molar-refractivity contribution in [3.05, 3.63) is 113 Å². The zero-order chi connectivity index (χ0) is 67.5. The van der Waals surface area contributed by atoms with Crippen molar-refractivity contribution in [3.8, 4) is 19.5 Å². The SMILES string of the molecule is CCCCCCCCCCCCC(CCCCCCCCCC)Cn1c(=O)c2cc3c4cc(-c5cccs5)sc4c4cc5c(=O)n(CC(CCCCCCCCCC)CCCCCCCCCCCC)c(=O)c6cc7c8cc(-c9cccs9)sc8c8cc(c1=O)c2c1c3c4c(c65)c7c81. The Labute approximate surface area is 598 Å². The minimum absolute atomic E-state index is 0.176. The number of nitrogens with zero attached hydrogens (tertiary/aromatic N) is 2. The van der Waals surface area contributed by atoms with E-state index < -0.39 is 0 Å². The molecule has 0 radical (unpaired) electrons. The predicted octanol–water partition coefficient (Wildman–Crippen LogP) is 27.9. The van der Waals surface area contributed by atoms with Crippen LogP contribution < -0.4 is 22.2 Å². The monoisotopic (exact) mass is 1390 g/mol. The normalized spacial score (nSPS) is 13.3. The van der Waals surface area contributed by atoms with E-state index in [1.54, 1.807) is 54.5 Å². The number of hydrogen-bond donors (Lipinski definition) is 0.